The molecule has 0 fully saturated rings. The van der Waals surface area contributed by atoms with Crippen LogP contribution >= 0.6 is 11.6 Å². The molecule has 6 heteroatoms. The molecule has 0 aliphatic heterocycles. The van der Waals surface area contributed by atoms with Crippen LogP contribution in [0.4, 0.5) is 4.39 Å². The molecule has 1 aromatic heterocycles. The Hall–Kier alpha value is -1.46. The van der Waals surface area contributed by atoms with Crippen molar-refractivity contribution >= 4 is 11.6 Å². The summed E-state index contributed by atoms with van der Waals surface area (Å²) in [6.07, 6.45) is 0. The van der Waals surface area contributed by atoms with E-state index in [4.69, 9.17) is 17.3 Å². The van der Waals surface area contributed by atoms with Gasteiger partial charge in [0.25, 0.3) is 0 Å². The van der Waals surface area contributed by atoms with Gasteiger partial charge in [-0.25, -0.2) is 9.37 Å². The summed E-state index contributed by atoms with van der Waals surface area (Å²) in [5.74, 6) is 0.257. The minimum absolute atomic E-state index is 0.187. The van der Waals surface area contributed by atoms with Gasteiger partial charge in [0, 0.05) is 0 Å². The van der Waals surface area contributed by atoms with Crippen LogP contribution in [0.5, 0.6) is 0 Å². The number of halogens is 2. The van der Waals surface area contributed by atoms with E-state index < -0.39 is 5.82 Å². The standard InChI is InChI=1S/C10H10ClFN4/c1-5(13)9-14-10(16-15-9)8-6(11)3-2-4-7(8)12/h2-5H,13H2,1H3,(H,14,15,16). The van der Waals surface area contributed by atoms with Crippen LogP contribution in [-0.4, -0.2) is 15.2 Å². The van der Waals surface area contributed by atoms with Gasteiger partial charge in [0.2, 0.25) is 0 Å². The summed E-state index contributed by atoms with van der Waals surface area (Å²) in [5.41, 5.74) is 5.81. The van der Waals surface area contributed by atoms with Gasteiger partial charge in [-0.05, 0) is 19.1 Å². The van der Waals surface area contributed by atoms with Crippen LogP contribution in [0, 0.1) is 5.82 Å². The predicted molar refractivity (Wildman–Crippen MR) is 59.4 cm³/mol. The highest BCUT2D eigenvalue weighted by Gasteiger charge is 2.15. The third kappa shape index (κ3) is 1.91. The highest BCUT2D eigenvalue weighted by atomic mass is 35.5. The molecule has 0 spiro atoms. The first-order valence-electron chi connectivity index (χ1n) is 4.72. The maximum Gasteiger partial charge on any atom is 0.185 e. The Morgan fingerprint density at radius 2 is 2.25 bits per heavy atom. The van der Waals surface area contributed by atoms with Crippen LogP contribution in [-0.2, 0) is 0 Å². The second kappa shape index (κ2) is 4.19. The largest absolute Gasteiger partial charge is 0.322 e. The van der Waals surface area contributed by atoms with Crippen molar-refractivity contribution in [1.29, 1.82) is 0 Å². The van der Waals surface area contributed by atoms with E-state index >= 15 is 0 Å². The molecule has 2 rings (SSSR count). The van der Waals surface area contributed by atoms with E-state index in [1.54, 1.807) is 13.0 Å². The third-order valence-corrected chi connectivity index (χ3v) is 2.44. The topological polar surface area (TPSA) is 67.6 Å². The maximum absolute atomic E-state index is 13.5. The van der Waals surface area contributed by atoms with E-state index in [-0.39, 0.29) is 22.5 Å². The summed E-state index contributed by atoms with van der Waals surface area (Å²) >= 11 is 5.89. The number of nitrogens with two attached hydrogens (primary N) is 1. The summed E-state index contributed by atoms with van der Waals surface area (Å²) in [4.78, 5) is 4.09. The van der Waals surface area contributed by atoms with E-state index in [0.29, 0.717) is 5.82 Å². The number of hydrogen-bond donors (Lipinski definition) is 2. The Balaban J connectivity index is 2.50. The van der Waals surface area contributed by atoms with Crippen LogP contribution in [0.2, 0.25) is 5.02 Å². The Labute approximate surface area is 96.6 Å². The van der Waals surface area contributed by atoms with Crippen LogP contribution in [0.3, 0.4) is 0 Å². The normalized spacial score (nSPS) is 12.8. The van der Waals surface area contributed by atoms with Crippen molar-refractivity contribution in [1.82, 2.24) is 15.2 Å². The predicted octanol–water partition coefficient (Wildman–Crippen LogP) is 2.28. The van der Waals surface area contributed by atoms with Gasteiger partial charge in [0.15, 0.2) is 5.82 Å². The monoisotopic (exact) mass is 240 g/mol. The number of H-pyrrole nitrogens is 1. The second-order valence-corrected chi connectivity index (χ2v) is 3.84. The molecule has 0 radical (unpaired) electrons. The Morgan fingerprint density at radius 3 is 2.81 bits per heavy atom. The lowest BCUT2D eigenvalue weighted by molar-refractivity contribution is 0.630. The van der Waals surface area contributed by atoms with Gasteiger partial charge in [-0.15, -0.1) is 0 Å². The highest BCUT2D eigenvalue weighted by molar-refractivity contribution is 6.33. The van der Waals surface area contributed by atoms with Crippen molar-refractivity contribution in [3.8, 4) is 11.4 Å². The Kier molecular flexibility index (Phi) is 2.89. The molecule has 0 saturated heterocycles. The summed E-state index contributed by atoms with van der Waals surface area (Å²) in [7, 11) is 0. The number of nitrogens with one attached hydrogen (secondary N) is 1. The van der Waals surface area contributed by atoms with Crippen molar-refractivity contribution in [3.63, 3.8) is 0 Å². The lowest BCUT2D eigenvalue weighted by atomic mass is 10.2. The average Bonchev–Trinajstić information content (AvgIpc) is 2.66. The molecule has 84 valence electrons. The van der Waals surface area contributed by atoms with E-state index in [1.165, 1.54) is 12.1 Å². The summed E-state index contributed by atoms with van der Waals surface area (Å²) in [6, 6.07) is 4.14. The fourth-order valence-corrected chi connectivity index (χ4v) is 1.55. The number of aromatic nitrogens is 3. The molecule has 1 unspecified atom stereocenters. The molecule has 16 heavy (non-hydrogen) atoms. The van der Waals surface area contributed by atoms with Gasteiger partial charge < -0.3 is 5.73 Å². The first-order chi connectivity index (χ1) is 7.59. The van der Waals surface area contributed by atoms with E-state index in [1.807, 2.05) is 0 Å². The lowest BCUT2D eigenvalue weighted by Gasteiger charge is -2.00. The maximum atomic E-state index is 13.5. The van der Waals surface area contributed by atoms with Gasteiger partial charge in [-0.2, -0.15) is 5.10 Å². The molecular formula is C10H10ClFN4. The molecule has 0 saturated carbocycles. The van der Waals surface area contributed by atoms with Gasteiger partial charge in [-0.1, -0.05) is 17.7 Å². The Morgan fingerprint density at radius 1 is 1.50 bits per heavy atom. The van der Waals surface area contributed by atoms with E-state index in [2.05, 4.69) is 15.2 Å². The quantitative estimate of drug-likeness (QED) is 0.846. The number of aromatic amines is 1. The summed E-state index contributed by atoms with van der Waals surface area (Å²) < 4.78 is 13.5. The van der Waals surface area contributed by atoms with Crippen molar-refractivity contribution in [3.05, 3.63) is 34.9 Å². The van der Waals surface area contributed by atoms with Crippen molar-refractivity contribution in [2.24, 2.45) is 5.73 Å². The molecule has 0 bridgehead atoms. The van der Waals surface area contributed by atoms with Crippen LogP contribution in [0.15, 0.2) is 18.2 Å². The van der Waals surface area contributed by atoms with Gasteiger partial charge in [-0.3, -0.25) is 5.10 Å². The SMILES string of the molecule is CC(N)c1nc(-c2c(F)cccc2Cl)n[nH]1. The van der Waals surface area contributed by atoms with E-state index in [0.717, 1.165) is 0 Å². The zero-order valence-electron chi connectivity index (χ0n) is 8.54. The van der Waals surface area contributed by atoms with E-state index in [9.17, 15) is 4.39 Å². The minimum atomic E-state index is -0.456. The fraction of sp³-hybridized carbons (Fsp3) is 0.200. The van der Waals surface area contributed by atoms with Gasteiger partial charge in [0.1, 0.15) is 11.6 Å². The summed E-state index contributed by atoms with van der Waals surface area (Å²) in [5, 5.41) is 6.81. The van der Waals surface area contributed by atoms with Crippen LogP contribution in [0.1, 0.15) is 18.8 Å². The zero-order chi connectivity index (χ0) is 11.7. The summed E-state index contributed by atoms with van der Waals surface area (Å²) in [6.45, 7) is 1.76. The van der Waals surface area contributed by atoms with Gasteiger partial charge in [0.05, 0.1) is 16.6 Å². The molecular weight excluding hydrogens is 231 g/mol. The highest BCUT2D eigenvalue weighted by Crippen LogP contribution is 2.28. The molecule has 0 aliphatic rings. The Bertz CT molecular complexity index is 489. The van der Waals surface area contributed by atoms with Gasteiger partial charge >= 0.3 is 0 Å². The number of nitrogens with zero attached hydrogens (tertiary/aromatic N) is 2. The number of rotatable bonds is 2. The molecule has 0 amide bonds. The van der Waals surface area contributed by atoms with Crippen molar-refractivity contribution in [2.75, 3.05) is 0 Å². The molecule has 0 aliphatic carbocycles. The number of benzene rings is 1. The molecule has 1 atom stereocenters. The molecule has 4 nitrogen and oxygen atoms in total. The number of hydrogen-bond acceptors (Lipinski definition) is 3. The van der Waals surface area contributed by atoms with Crippen molar-refractivity contribution in [2.45, 2.75) is 13.0 Å². The molecule has 1 heterocycles. The molecule has 2 aromatic rings. The molecule has 3 N–H and O–H groups in total. The smallest absolute Gasteiger partial charge is 0.185 e. The van der Waals surface area contributed by atoms with Crippen LogP contribution < -0.4 is 5.73 Å². The second-order valence-electron chi connectivity index (χ2n) is 3.43. The minimum Gasteiger partial charge on any atom is -0.322 e. The lowest BCUT2D eigenvalue weighted by Crippen LogP contribution is -2.06. The molecule has 1 aromatic carbocycles. The first kappa shape index (κ1) is 11.0. The zero-order valence-corrected chi connectivity index (χ0v) is 9.29. The van der Waals surface area contributed by atoms with Crippen molar-refractivity contribution < 1.29 is 4.39 Å². The third-order valence-electron chi connectivity index (χ3n) is 2.12. The first-order valence-corrected chi connectivity index (χ1v) is 5.09. The van der Waals surface area contributed by atoms with Crippen LogP contribution in [0.25, 0.3) is 11.4 Å². The fourth-order valence-electron chi connectivity index (χ4n) is 1.30. The average molecular weight is 241 g/mol.